The van der Waals surface area contributed by atoms with Crippen LogP contribution < -0.4 is 5.32 Å². The Labute approximate surface area is 110 Å². The highest BCUT2D eigenvalue weighted by Gasteiger charge is 2.60. The number of rotatable bonds is 1. The van der Waals surface area contributed by atoms with E-state index in [1.807, 2.05) is 20.8 Å². The zero-order valence-electron chi connectivity index (χ0n) is 11.6. The van der Waals surface area contributed by atoms with Crippen LogP contribution in [-0.2, 0) is 17.9 Å². The van der Waals surface area contributed by atoms with Gasteiger partial charge in [-0.1, -0.05) is 20.8 Å². The van der Waals surface area contributed by atoms with Crippen molar-refractivity contribution in [2.24, 2.45) is 7.05 Å². The van der Waals surface area contributed by atoms with E-state index >= 15 is 0 Å². The fourth-order valence-electron chi connectivity index (χ4n) is 2.37. The Bertz CT molecular complexity index is 464. The molecule has 1 fully saturated rings. The third-order valence-electron chi connectivity index (χ3n) is 3.56. The molecular formula is C12H19F3N4. The van der Waals surface area contributed by atoms with Gasteiger partial charge in [-0.15, -0.1) is 0 Å². The number of aromatic nitrogens is 3. The molecule has 0 aliphatic carbocycles. The molecule has 1 saturated heterocycles. The zero-order valence-corrected chi connectivity index (χ0v) is 11.6. The van der Waals surface area contributed by atoms with Gasteiger partial charge < -0.3 is 5.32 Å². The van der Waals surface area contributed by atoms with Crippen LogP contribution in [0.1, 0.15) is 38.8 Å². The van der Waals surface area contributed by atoms with Crippen LogP contribution in [0, 0.1) is 0 Å². The van der Waals surface area contributed by atoms with Crippen molar-refractivity contribution in [3.8, 4) is 0 Å². The van der Waals surface area contributed by atoms with E-state index in [1.54, 1.807) is 0 Å². The maximum atomic E-state index is 13.5. The van der Waals surface area contributed by atoms with E-state index in [0.717, 1.165) is 0 Å². The Hall–Kier alpha value is -1.11. The van der Waals surface area contributed by atoms with E-state index in [4.69, 9.17) is 0 Å². The number of nitrogens with one attached hydrogen (secondary N) is 1. The minimum Gasteiger partial charge on any atom is -0.315 e. The molecule has 0 saturated carbocycles. The number of hydrogen-bond donors (Lipinski definition) is 1. The van der Waals surface area contributed by atoms with Crippen molar-refractivity contribution in [2.75, 3.05) is 13.1 Å². The van der Waals surface area contributed by atoms with E-state index in [9.17, 15) is 13.2 Å². The summed E-state index contributed by atoms with van der Waals surface area (Å²) in [5.74, 6) is 0.454. The molecule has 2 rings (SSSR count). The summed E-state index contributed by atoms with van der Waals surface area (Å²) < 4.78 is 41.7. The first kappa shape index (κ1) is 14.3. The third-order valence-corrected chi connectivity index (χ3v) is 3.56. The maximum absolute atomic E-state index is 13.5. The Balaban J connectivity index is 2.53. The molecule has 108 valence electrons. The molecule has 1 N–H and O–H groups in total. The minimum atomic E-state index is -4.33. The lowest BCUT2D eigenvalue weighted by Crippen LogP contribution is -2.46. The van der Waals surface area contributed by atoms with Gasteiger partial charge in [0, 0.05) is 19.0 Å². The van der Waals surface area contributed by atoms with Gasteiger partial charge in [-0.3, -0.25) is 4.68 Å². The lowest BCUT2D eigenvalue weighted by atomic mass is 9.85. The molecule has 0 spiro atoms. The second-order valence-electron chi connectivity index (χ2n) is 6.14. The van der Waals surface area contributed by atoms with Crippen molar-refractivity contribution in [1.29, 1.82) is 0 Å². The normalized spacial score (nSPS) is 25.0. The Morgan fingerprint density at radius 1 is 1.26 bits per heavy atom. The van der Waals surface area contributed by atoms with Gasteiger partial charge in [-0.25, -0.2) is 4.98 Å². The van der Waals surface area contributed by atoms with Crippen LogP contribution in [0.4, 0.5) is 13.2 Å². The highest BCUT2D eigenvalue weighted by atomic mass is 19.4. The van der Waals surface area contributed by atoms with Crippen molar-refractivity contribution in [1.82, 2.24) is 20.1 Å². The second-order valence-corrected chi connectivity index (χ2v) is 6.14. The highest BCUT2D eigenvalue weighted by molar-refractivity contribution is 5.19. The largest absolute Gasteiger partial charge is 0.402 e. The van der Waals surface area contributed by atoms with Crippen LogP contribution in [0.3, 0.4) is 0 Å². The molecule has 1 aliphatic rings. The lowest BCUT2D eigenvalue weighted by Gasteiger charge is -2.29. The maximum Gasteiger partial charge on any atom is 0.402 e. The first-order chi connectivity index (χ1) is 8.58. The number of nitrogens with zero attached hydrogens (tertiary/aromatic N) is 3. The van der Waals surface area contributed by atoms with E-state index in [1.165, 1.54) is 11.7 Å². The summed E-state index contributed by atoms with van der Waals surface area (Å²) in [5.41, 5.74) is -2.28. The Morgan fingerprint density at radius 2 is 1.89 bits per heavy atom. The predicted molar refractivity (Wildman–Crippen MR) is 64.9 cm³/mol. The molecule has 1 aliphatic heterocycles. The summed E-state index contributed by atoms with van der Waals surface area (Å²) in [5, 5.41) is 6.96. The topological polar surface area (TPSA) is 42.7 Å². The first-order valence-electron chi connectivity index (χ1n) is 6.27. The predicted octanol–water partition coefficient (Wildman–Crippen LogP) is 1.91. The summed E-state index contributed by atoms with van der Waals surface area (Å²) >= 11 is 0. The van der Waals surface area contributed by atoms with Gasteiger partial charge >= 0.3 is 6.18 Å². The van der Waals surface area contributed by atoms with Gasteiger partial charge in [0.1, 0.15) is 11.2 Å². The van der Waals surface area contributed by atoms with Crippen LogP contribution in [0.25, 0.3) is 0 Å². The van der Waals surface area contributed by atoms with Crippen LogP contribution in [0.15, 0.2) is 0 Å². The van der Waals surface area contributed by atoms with Crippen LogP contribution in [0.2, 0.25) is 0 Å². The van der Waals surface area contributed by atoms with Gasteiger partial charge in [0.05, 0.1) is 0 Å². The van der Waals surface area contributed by atoms with E-state index in [0.29, 0.717) is 12.4 Å². The molecule has 7 heteroatoms. The van der Waals surface area contributed by atoms with E-state index < -0.39 is 11.6 Å². The van der Waals surface area contributed by atoms with E-state index in [-0.39, 0.29) is 24.2 Å². The van der Waals surface area contributed by atoms with E-state index in [2.05, 4.69) is 15.4 Å². The number of aryl methyl sites for hydroxylation is 1. The SMILES string of the molecule is Cn1nc(C(C)(C)C)nc1C1(C(F)(F)F)CCNC1. The van der Waals surface area contributed by atoms with Gasteiger partial charge in [-0.2, -0.15) is 18.3 Å². The lowest BCUT2D eigenvalue weighted by molar-refractivity contribution is -0.187. The molecule has 2 heterocycles. The average Bonchev–Trinajstić information content (AvgIpc) is 2.81. The summed E-state index contributed by atoms with van der Waals surface area (Å²) in [6.45, 7) is 5.88. The standard InChI is InChI=1S/C12H19F3N4/c1-10(2,3)8-17-9(19(4)18-8)11(12(13,14)15)5-6-16-7-11/h16H,5-7H2,1-4H3. The van der Waals surface area contributed by atoms with Crippen molar-refractivity contribution in [3.63, 3.8) is 0 Å². The molecule has 0 bridgehead atoms. The summed E-state index contributed by atoms with van der Waals surface area (Å²) in [6, 6.07) is 0. The summed E-state index contributed by atoms with van der Waals surface area (Å²) in [6.07, 6.45) is -4.32. The van der Waals surface area contributed by atoms with Gasteiger partial charge in [0.2, 0.25) is 0 Å². The van der Waals surface area contributed by atoms with Crippen LogP contribution in [-0.4, -0.2) is 34.0 Å². The summed E-state index contributed by atoms with van der Waals surface area (Å²) in [4.78, 5) is 4.19. The van der Waals surface area contributed by atoms with Crippen LogP contribution >= 0.6 is 0 Å². The molecule has 0 aromatic carbocycles. The fourth-order valence-corrected chi connectivity index (χ4v) is 2.37. The number of alkyl halides is 3. The van der Waals surface area contributed by atoms with Crippen molar-refractivity contribution in [3.05, 3.63) is 11.6 Å². The molecule has 1 aromatic rings. The van der Waals surface area contributed by atoms with Crippen molar-refractivity contribution >= 4 is 0 Å². The quantitative estimate of drug-likeness (QED) is 0.852. The zero-order chi connectivity index (χ0) is 14.5. The monoisotopic (exact) mass is 276 g/mol. The molecule has 0 amide bonds. The molecule has 1 unspecified atom stereocenters. The number of halogens is 3. The van der Waals surface area contributed by atoms with Crippen molar-refractivity contribution < 1.29 is 13.2 Å². The fraction of sp³-hybridized carbons (Fsp3) is 0.833. The van der Waals surface area contributed by atoms with Crippen LogP contribution in [0.5, 0.6) is 0 Å². The highest BCUT2D eigenvalue weighted by Crippen LogP contribution is 2.44. The number of hydrogen-bond acceptors (Lipinski definition) is 3. The van der Waals surface area contributed by atoms with Crippen molar-refractivity contribution in [2.45, 2.75) is 44.2 Å². The smallest absolute Gasteiger partial charge is 0.315 e. The second kappa shape index (κ2) is 4.19. The third kappa shape index (κ3) is 2.24. The first-order valence-corrected chi connectivity index (χ1v) is 6.27. The molecule has 0 radical (unpaired) electrons. The minimum absolute atomic E-state index is 0.00656. The molecule has 1 atom stereocenters. The Morgan fingerprint density at radius 3 is 2.26 bits per heavy atom. The van der Waals surface area contributed by atoms with Gasteiger partial charge in [0.15, 0.2) is 5.82 Å². The molecular weight excluding hydrogens is 257 g/mol. The van der Waals surface area contributed by atoms with Gasteiger partial charge in [-0.05, 0) is 13.0 Å². The summed E-state index contributed by atoms with van der Waals surface area (Å²) in [7, 11) is 1.53. The van der Waals surface area contributed by atoms with Gasteiger partial charge in [0.25, 0.3) is 0 Å². The molecule has 4 nitrogen and oxygen atoms in total. The molecule has 19 heavy (non-hydrogen) atoms. The Kier molecular flexibility index (Phi) is 3.16. The molecule has 1 aromatic heterocycles. The average molecular weight is 276 g/mol.